The van der Waals surface area contributed by atoms with Crippen LogP contribution in [-0.4, -0.2) is 44.8 Å². The van der Waals surface area contributed by atoms with E-state index in [0.29, 0.717) is 12.3 Å². The number of amides is 2. The Hall–Kier alpha value is -1.91. The fraction of sp³-hybridized carbons (Fsp3) is 0.562. The summed E-state index contributed by atoms with van der Waals surface area (Å²) >= 11 is 0. The third-order valence-electron chi connectivity index (χ3n) is 3.56. The Kier molecular flexibility index (Phi) is 6.85. The van der Waals surface area contributed by atoms with Crippen LogP contribution < -0.4 is 14.8 Å². The Balaban J connectivity index is 2.65. The van der Waals surface area contributed by atoms with Crippen LogP contribution in [0.4, 0.5) is 4.79 Å². The third-order valence-corrected chi connectivity index (χ3v) is 3.56. The highest BCUT2D eigenvalue weighted by molar-refractivity contribution is 5.74. The molecule has 21 heavy (non-hydrogen) atoms. The maximum Gasteiger partial charge on any atom is 0.317 e. The predicted molar refractivity (Wildman–Crippen MR) is 84.3 cm³/mol. The molecule has 0 aromatic heterocycles. The van der Waals surface area contributed by atoms with Crippen LogP contribution >= 0.6 is 0 Å². The minimum atomic E-state index is -0.0156. The maximum absolute atomic E-state index is 11.9. The Morgan fingerprint density at radius 3 is 2.24 bits per heavy atom. The van der Waals surface area contributed by atoms with E-state index in [-0.39, 0.29) is 6.03 Å². The molecule has 2 amide bonds. The van der Waals surface area contributed by atoms with E-state index in [1.54, 1.807) is 19.1 Å². The quantitative estimate of drug-likeness (QED) is 0.841. The molecule has 0 spiro atoms. The molecule has 1 N–H and O–H groups in total. The number of urea groups is 1. The second-order valence-corrected chi connectivity index (χ2v) is 4.79. The van der Waals surface area contributed by atoms with Crippen LogP contribution in [-0.2, 0) is 6.42 Å². The number of hydrogen-bond donors (Lipinski definition) is 1. The van der Waals surface area contributed by atoms with Crippen LogP contribution in [0, 0.1) is 6.92 Å². The van der Waals surface area contributed by atoms with Gasteiger partial charge in [-0.05, 0) is 50.5 Å². The smallest absolute Gasteiger partial charge is 0.317 e. The topological polar surface area (TPSA) is 50.8 Å². The normalized spacial score (nSPS) is 10.1. The lowest BCUT2D eigenvalue weighted by atomic mass is 10.0. The summed E-state index contributed by atoms with van der Waals surface area (Å²) in [5.41, 5.74) is 2.28. The summed E-state index contributed by atoms with van der Waals surface area (Å²) in [5, 5.41) is 2.94. The molecule has 0 saturated carbocycles. The van der Waals surface area contributed by atoms with Gasteiger partial charge in [-0.3, -0.25) is 0 Å². The van der Waals surface area contributed by atoms with Crippen molar-refractivity contribution in [3.63, 3.8) is 0 Å². The molecule has 118 valence electrons. The molecule has 0 aliphatic rings. The van der Waals surface area contributed by atoms with Gasteiger partial charge in [-0.15, -0.1) is 0 Å². The summed E-state index contributed by atoms with van der Waals surface area (Å²) in [7, 11) is 3.25. The number of hydrogen-bond acceptors (Lipinski definition) is 3. The Labute approximate surface area is 127 Å². The van der Waals surface area contributed by atoms with Gasteiger partial charge in [-0.1, -0.05) is 0 Å². The Morgan fingerprint density at radius 2 is 1.71 bits per heavy atom. The number of nitrogens with zero attached hydrogens (tertiary/aromatic N) is 1. The van der Waals surface area contributed by atoms with E-state index >= 15 is 0 Å². The number of rotatable bonds is 7. The predicted octanol–water partition coefficient (Wildman–Crippen LogP) is 2.61. The minimum Gasteiger partial charge on any atom is -0.493 e. The van der Waals surface area contributed by atoms with Gasteiger partial charge in [0, 0.05) is 19.6 Å². The standard InChI is InChI=1S/C16H26N2O3/c1-6-18(7-2)16(19)17-9-8-13-11-15(21-5)14(20-4)10-12(13)3/h10-11H,6-9H2,1-5H3,(H,17,19). The van der Waals surface area contributed by atoms with Gasteiger partial charge in [0.05, 0.1) is 14.2 Å². The molecule has 1 rings (SSSR count). The second kappa shape index (κ2) is 8.39. The maximum atomic E-state index is 11.9. The first-order valence-corrected chi connectivity index (χ1v) is 7.31. The van der Waals surface area contributed by atoms with Crippen LogP contribution in [0.25, 0.3) is 0 Å². The molecule has 1 aromatic rings. The van der Waals surface area contributed by atoms with Crippen molar-refractivity contribution >= 4 is 6.03 Å². The average Bonchev–Trinajstić information content (AvgIpc) is 2.49. The lowest BCUT2D eigenvalue weighted by Crippen LogP contribution is -2.40. The molecule has 5 heteroatoms. The molecule has 0 radical (unpaired) electrons. The summed E-state index contributed by atoms with van der Waals surface area (Å²) in [4.78, 5) is 13.6. The van der Waals surface area contributed by atoms with Crippen molar-refractivity contribution in [2.75, 3.05) is 33.9 Å². The molecule has 0 aliphatic carbocycles. The van der Waals surface area contributed by atoms with Gasteiger partial charge in [0.2, 0.25) is 0 Å². The van der Waals surface area contributed by atoms with Gasteiger partial charge in [0.25, 0.3) is 0 Å². The van der Waals surface area contributed by atoms with Crippen LogP contribution in [0.3, 0.4) is 0 Å². The van der Waals surface area contributed by atoms with E-state index < -0.39 is 0 Å². The van der Waals surface area contributed by atoms with Crippen LogP contribution in [0.15, 0.2) is 12.1 Å². The molecule has 0 heterocycles. The van der Waals surface area contributed by atoms with Gasteiger partial charge >= 0.3 is 6.03 Å². The van der Waals surface area contributed by atoms with Gasteiger partial charge in [-0.25, -0.2) is 4.79 Å². The highest BCUT2D eigenvalue weighted by atomic mass is 16.5. The summed E-state index contributed by atoms with van der Waals surface area (Å²) < 4.78 is 10.6. The van der Waals surface area contributed by atoms with Gasteiger partial charge in [0.15, 0.2) is 11.5 Å². The van der Waals surface area contributed by atoms with Crippen LogP contribution in [0.1, 0.15) is 25.0 Å². The zero-order chi connectivity index (χ0) is 15.8. The van der Waals surface area contributed by atoms with Gasteiger partial charge < -0.3 is 19.7 Å². The number of benzene rings is 1. The number of nitrogens with one attached hydrogen (secondary N) is 1. The van der Waals surface area contributed by atoms with Crippen molar-refractivity contribution in [1.82, 2.24) is 10.2 Å². The first-order chi connectivity index (χ1) is 10.1. The molecular formula is C16H26N2O3. The van der Waals surface area contributed by atoms with Gasteiger partial charge in [-0.2, -0.15) is 0 Å². The molecular weight excluding hydrogens is 268 g/mol. The van der Waals surface area contributed by atoms with E-state index in [4.69, 9.17) is 9.47 Å². The highest BCUT2D eigenvalue weighted by Gasteiger charge is 2.10. The van der Waals surface area contributed by atoms with Gasteiger partial charge in [0.1, 0.15) is 0 Å². The minimum absolute atomic E-state index is 0.0156. The number of carbonyl (C=O) groups is 1. The molecule has 0 unspecified atom stereocenters. The molecule has 0 aliphatic heterocycles. The van der Waals surface area contributed by atoms with Crippen molar-refractivity contribution in [2.24, 2.45) is 0 Å². The largest absolute Gasteiger partial charge is 0.493 e. The van der Waals surface area contributed by atoms with E-state index in [2.05, 4.69) is 5.32 Å². The molecule has 0 fully saturated rings. The Bertz CT molecular complexity index is 471. The number of ether oxygens (including phenoxy) is 2. The average molecular weight is 294 g/mol. The van der Waals surface area contributed by atoms with Crippen molar-refractivity contribution in [1.29, 1.82) is 0 Å². The fourth-order valence-corrected chi connectivity index (χ4v) is 2.22. The lowest BCUT2D eigenvalue weighted by molar-refractivity contribution is 0.203. The molecule has 0 saturated heterocycles. The monoisotopic (exact) mass is 294 g/mol. The van der Waals surface area contributed by atoms with Crippen LogP contribution in [0.2, 0.25) is 0 Å². The van der Waals surface area contributed by atoms with Crippen molar-refractivity contribution < 1.29 is 14.3 Å². The number of methoxy groups -OCH3 is 2. The van der Waals surface area contributed by atoms with Crippen molar-refractivity contribution in [3.8, 4) is 11.5 Å². The summed E-state index contributed by atoms with van der Waals surface area (Å²) in [6, 6.07) is 3.91. The molecule has 1 aromatic carbocycles. The third kappa shape index (κ3) is 4.55. The molecule has 5 nitrogen and oxygen atoms in total. The van der Waals surface area contributed by atoms with E-state index in [1.807, 2.05) is 32.9 Å². The van der Waals surface area contributed by atoms with Crippen LogP contribution in [0.5, 0.6) is 11.5 Å². The Morgan fingerprint density at radius 1 is 1.14 bits per heavy atom. The lowest BCUT2D eigenvalue weighted by Gasteiger charge is -2.19. The summed E-state index contributed by atoms with van der Waals surface area (Å²) in [5.74, 6) is 1.44. The highest BCUT2D eigenvalue weighted by Crippen LogP contribution is 2.30. The van der Waals surface area contributed by atoms with Crippen molar-refractivity contribution in [3.05, 3.63) is 23.3 Å². The zero-order valence-corrected chi connectivity index (χ0v) is 13.7. The van der Waals surface area contributed by atoms with E-state index in [9.17, 15) is 4.79 Å². The van der Waals surface area contributed by atoms with Crippen molar-refractivity contribution in [2.45, 2.75) is 27.2 Å². The first-order valence-electron chi connectivity index (χ1n) is 7.31. The van der Waals surface area contributed by atoms with E-state index in [1.165, 1.54) is 0 Å². The fourth-order valence-electron chi connectivity index (χ4n) is 2.22. The summed E-state index contributed by atoms with van der Waals surface area (Å²) in [6.45, 7) is 8.02. The summed E-state index contributed by atoms with van der Waals surface area (Å²) in [6.07, 6.45) is 0.763. The molecule has 0 atom stereocenters. The molecule has 0 bridgehead atoms. The first kappa shape index (κ1) is 17.1. The number of carbonyl (C=O) groups excluding carboxylic acids is 1. The zero-order valence-electron chi connectivity index (χ0n) is 13.7. The second-order valence-electron chi connectivity index (χ2n) is 4.79. The van der Waals surface area contributed by atoms with E-state index in [0.717, 1.165) is 36.4 Å². The number of aryl methyl sites for hydroxylation is 1. The SMILES string of the molecule is CCN(CC)C(=O)NCCc1cc(OC)c(OC)cc1C.